The van der Waals surface area contributed by atoms with Gasteiger partial charge in [-0.05, 0) is 68.2 Å². The predicted octanol–water partition coefficient (Wildman–Crippen LogP) is 3.45. The maximum atomic E-state index is 12.9. The van der Waals surface area contributed by atoms with Crippen LogP contribution in [0.1, 0.15) is 30.2 Å². The first-order chi connectivity index (χ1) is 15.2. The number of aliphatic hydroxyl groups excluding tert-OH is 1. The molecule has 2 aromatic rings. The lowest BCUT2D eigenvalue weighted by Gasteiger charge is -2.27. The molecule has 9 heteroatoms. The molecule has 0 spiro atoms. The number of aliphatic hydroxyl groups is 1. The summed E-state index contributed by atoms with van der Waals surface area (Å²) in [5.74, 6) is -0.809. The molecule has 0 aliphatic carbocycles. The molecule has 1 aromatic heterocycles. The van der Waals surface area contributed by atoms with Gasteiger partial charge in [-0.25, -0.2) is 0 Å². The zero-order valence-electron chi connectivity index (χ0n) is 17.8. The van der Waals surface area contributed by atoms with Gasteiger partial charge in [-0.3, -0.25) is 24.6 Å². The van der Waals surface area contributed by atoms with Crippen molar-refractivity contribution in [3.63, 3.8) is 0 Å². The second-order valence-corrected chi connectivity index (χ2v) is 7.42. The summed E-state index contributed by atoms with van der Waals surface area (Å²) in [7, 11) is 0. The van der Waals surface area contributed by atoms with Crippen LogP contribution in [0.4, 0.5) is 5.69 Å². The van der Waals surface area contributed by atoms with Crippen LogP contribution in [0, 0.1) is 35.3 Å². The van der Waals surface area contributed by atoms with Crippen LogP contribution >= 0.6 is 0 Å². The predicted molar refractivity (Wildman–Crippen MR) is 115 cm³/mol. The molecule has 0 saturated carbocycles. The molecule has 0 saturated heterocycles. The van der Waals surface area contributed by atoms with Gasteiger partial charge in [-0.1, -0.05) is 0 Å². The normalized spacial score (nSPS) is 15.5. The maximum Gasteiger partial charge on any atom is 0.280 e. The topological polar surface area (TPSA) is 138 Å². The smallest absolute Gasteiger partial charge is 0.280 e. The van der Waals surface area contributed by atoms with E-state index in [1.807, 2.05) is 13.0 Å². The molecule has 164 valence electrons. The highest BCUT2D eigenvalue weighted by atomic mass is 16.6. The van der Waals surface area contributed by atoms with Crippen LogP contribution in [0.3, 0.4) is 0 Å². The Morgan fingerprint density at radius 3 is 2.50 bits per heavy atom. The van der Waals surface area contributed by atoms with Gasteiger partial charge in [0.2, 0.25) is 0 Å². The quantitative estimate of drug-likeness (QED) is 0.317. The zero-order valence-corrected chi connectivity index (χ0v) is 17.8. The Morgan fingerprint density at radius 1 is 1.19 bits per heavy atom. The van der Waals surface area contributed by atoms with Crippen molar-refractivity contribution < 1.29 is 24.0 Å². The lowest BCUT2D eigenvalue weighted by molar-refractivity contribution is -0.384. The van der Waals surface area contributed by atoms with E-state index in [0.717, 1.165) is 16.0 Å². The van der Waals surface area contributed by atoms with Crippen LogP contribution in [-0.4, -0.2) is 39.9 Å². The molecule has 32 heavy (non-hydrogen) atoms. The van der Waals surface area contributed by atoms with Crippen molar-refractivity contribution in [2.24, 2.45) is 0 Å². The van der Waals surface area contributed by atoms with Crippen molar-refractivity contribution in [1.82, 2.24) is 4.90 Å². The Bertz CT molecular complexity index is 1230. The minimum absolute atomic E-state index is 0.0256. The molecule has 1 aliphatic rings. The van der Waals surface area contributed by atoms with Crippen LogP contribution in [-0.2, 0) is 9.59 Å². The molecule has 3 rings (SSSR count). The number of carbonyl (C=O) groups is 2. The molecule has 0 unspecified atom stereocenters. The number of nitro benzene ring substituents is 1. The molecule has 2 heterocycles. The molecular formula is C23H21N3O6. The fourth-order valence-electron chi connectivity index (χ4n) is 3.43. The number of hydrogen-bond donors (Lipinski definition) is 1. The van der Waals surface area contributed by atoms with E-state index in [9.17, 15) is 25.0 Å². The molecule has 1 aliphatic heterocycles. The van der Waals surface area contributed by atoms with Gasteiger partial charge < -0.3 is 9.52 Å². The van der Waals surface area contributed by atoms with Gasteiger partial charge in [0.25, 0.3) is 17.5 Å². The largest absolute Gasteiger partial charge is 0.456 e. The summed E-state index contributed by atoms with van der Waals surface area (Å²) in [5, 5.41) is 30.0. The number of aryl methyl sites for hydroxylation is 2. The number of amides is 2. The average molecular weight is 435 g/mol. The number of furan rings is 1. The molecule has 2 amide bonds. The van der Waals surface area contributed by atoms with Crippen LogP contribution in [0.25, 0.3) is 17.4 Å². The standard InChI is InChI=1S/C23H21N3O6/c1-13-9-18(20(26(30)31)10-14(13)2)21-6-5-16(32-21)11-17-15(3)19(12-24)23(29)25(22(17)28)7-4-8-27/h5-6,9-11,27H,4,7-8H2,1-3H3/b17-11-. The van der Waals surface area contributed by atoms with Crippen LogP contribution < -0.4 is 0 Å². The van der Waals surface area contributed by atoms with Gasteiger partial charge in [-0.2, -0.15) is 5.26 Å². The maximum absolute atomic E-state index is 12.9. The Hall–Kier alpha value is -4.03. The lowest BCUT2D eigenvalue weighted by Crippen LogP contribution is -2.43. The van der Waals surface area contributed by atoms with Gasteiger partial charge in [-0.15, -0.1) is 0 Å². The Labute approximate surface area is 184 Å². The third-order valence-corrected chi connectivity index (χ3v) is 5.35. The van der Waals surface area contributed by atoms with E-state index in [4.69, 9.17) is 9.52 Å². The van der Waals surface area contributed by atoms with E-state index < -0.39 is 16.7 Å². The summed E-state index contributed by atoms with van der Waals surface area (Å²) in [6.45, 7) is 4.88. The number of nitrogens with zero attached hydrogens (tertiary/aromatic N) is 3. The van der Waals surface area contributed by atoms with Crippen molar-refractivity contribution >= 4 is 23.6 Å². The summed E-state index contributed by atoms with van der Waals surface area (Å²) in [4.78, 5) is 37.3. The lowest BCUT2D eigenvalue weighted by atomic mass is 9.94. The number of imide groups is 1. The molecule has 0 fully saturated rings. The van der Waals surface area contributed by atoms with Gasteiger partial charge in [0.05, 0.1) is 10.5 Å². The van der Waals surface area contributed by atoms with E-state index in [0.29, 0.717) is 5.56 Å². The summed E-state index contributed by atoms with van der Waals surface area (Å²) < 4.78 is 5.78. The molecule has 0 radical (unpaired) electrons. The minimum atomic E-state index is -0.702. The average Bonchev–Trinajstić information content (AvgIpc) is 3.21. The SMILES string of the molecule is CC1=C(C#N)C(=O)N(CCCO)C(=O)/C1=C\c1ccc(-c2cc(C)c(C)cc2[N+](=O)[O-])o1. The second kappa shape index (κ2) is 8.99. The highest BCUT2D eigenvalue weighted by Crippen LogP contribution is 2.35. The molecule has 0 bridgehead atoms. The number of hydrogen-bond acceptors (Lipinski definition) is 7. The van der Waals surface area contributed by atoms with E-state index in [-0.39, 0.29) is 53.5 Å². The fourth-order valence-corrected chi connectivity index (χ4v) is 3.43. The summed E-state index contributed by atoms with van der Waals surface area (Å²) >= 11 is 0. The van der Waals surface area contributed by atoms with Gasteiger partial charge in [0.1, 0.15) is 23.2 Å². The first kappa shape index (κ1) is 22.7. The number of nitriles is 1. The van der Waals surface area contributed by atoms with Crippen molar-refractivity contribution in [1.29, 1.82) is 5.26 Å². The van der Waals surface area contributed by atoms with Crippen LogP contribution in [0.15, 0.2) is 45.4 Å². The second-order valence-electron chi connectivity index (χ2n) is 7.42. The number of benzene rings is 1. The van der Waals surface area contributed by atoms with E-state index >= 15 is 0 Å². The summed E-state index contributed by atoms with van der Waals surface area (Å²) in [6, 6.07) is 8.11. The monoisotopic (exact) mass is 435 g/mol. The fraction of sp³-hybridized carbons (Fsp3) is 0.261. The van der Waals surface area contributed by atoms with Gasteiger partial charge in [0.15, 0.2) is 0 Å². The third-order valence-electron chi connectivity index (χ3n) is 5.35. The third kappa shape index (κ3) is 4.08. The molecule has 9 nitrogen and oxygen atoms in total. The van der Waals surface area contributed by atoms with Crippen molar-refractivity contribution in [3.05, 3.63) is 68.0 Å². The van der Waals surface area contributed by atoms with Gasteiger partial charge >= 0.3 is 0 Å². The molecule has 1 aromatic carbocycles. The molecular weight excluding hydrogens is 414 g/mol. The summed E-state index contributed by atoms with van der Waals surface area (Å²) in [6.07, 6.45) is 1.59. The van der Waals surface area contributed by atoms with Crippen LogP contribution in [0.5, 0.6) is 0 Å². The van der Waals surface area contributed by atoms with Crippen molar-refractivity contribution in [3.8, 4) is 17.4 Å². The van der Waals surface area contributed by atoms with E-state index in [1.54, 1.807) is 25.1 Å². The Morgan fingerprint density at radius 2 is 1.88 bits per heavy atom. The highest BCUT2D eigenvalue weighted by molar-refractivity contribution is 6.19. The first-order valence-electron chi connectivity index (χ1n) is 9.85. The van der Waals surface area contributed by atoms with Crippen molar-refractivity contribution in [2.75, 3.05) is 13.2 Å². The first-order valence-corrected chi connectivity index (χ1v) is 9.85. The van der Waals surface area contributed by atoms with Crippen molar-refractivity contribution in [2.45, 2.75) is 27.2 Å². The number of carbonyl (C=O) groups excluding carboxylic acids is 2. The minimum Gasteiger partial charge on any atom is -0.456 e. The van der Waals surface area contributed by atoms with Crippen LogP contribution in [0.2, 0.25) is 0 Å². The molecule has 0 atom stereocenters. The Kier molecular flexibility index (Phi) is 6.37. The van der Waals surface area contributed by atoms with E-state index in [1.165, 1.54) is 19.1 Å². The van der Waals surface area contributed by atoms with Gasteiger partial charge in [0, 0.05) is 24.8 Å². The zero-order chi connectivity index (χ0) is 23.6. The summed E-state index contributed by atoms with van der Waals surface area (Å²) in [5.41, 5.74) is 2.01. The van der Waals surface area contributed by atoms with E-state index in [2.05, 4.69) is 0 Å². The molecule has 1 N–H and O–H groups in total. The number of nitro groups is 1. The number of rotatable bonds is 6. The highest BCUT2D eigenvalue weighted by Gasteiger charge is 2.35. The Balaban J connectivity index is 2.07.